The molecule has 0 spiro atoms. The molecule has 1 unspecified atom stereocenters. The highest BCUT2D eigenvalue weighted by molar-refractivity contribution is 7.54. The molecule has 2 aromatic rings. The molecule has 1 heterocycles. The zero-order valence-electron chi connectivity index (χ0n) is 28.6. The molecular weight excluding hydrogens is 642 g/mol. The van der Waals surface area contributed by atoms with Crippen LogP contribution < -0.4 is 20.7 Å². The van der Waals surface area contributed by atoms with Crippen LogP contribution in [-0.4, -0.2) is 74.1 Å². The van der Waals surface area contributed by atoms with Crippen molar-refractivity contribution < 1.29 is 47.1 Å². The van der Waals surface area contributed by atoms with Gasteiger partial charge < -0.3 is 34.1 Å². The molecule has 4 N–H and O–H groups in total. The maximum absolute atomic E-state index is 13.1. The molecule has 4 amide bonds. The largest absolute Gasteiger partial charge is 0.493 e. The van der Waals surface area contributed by atoms with E-state index in [9.17, 15) is 29.0 Å². The lowest BCUT2D eigenvalue weighted by molar-refractivity contribution is -0.168. The number of carbonyl (C=O) groups is 4. The number of rotatable bonds is 24. The molecular formula is C32H50BN4O10P. The van der Waals surface area contributed by atoms with Crippen LogP contribution in [0.2, 0.25) is 6.82 Å². The van der Waals surface area contributed by atoms with Gasteiger partial charge in [0, 0.05) is 5.56 Å². The predicted octanol–water partition coefficient (Wildman–Crippen LogP) is 5.08. The normalized spacial score (nSPS) is 13.5. The van der Waals surface area contributed by atoms with E-state index in [1.807, 2.05) is 13.8 Å². The summed E-state index contributed by atoms with van der Waals surface area (Å²) in [6, 6.07) is 7.15. The number of unbranched alkanes of at least 4 members (excludes halogenated alkanes) is 3. The lowest BCUT2D eigenvalue weighted by atomic mass is 9.90. The van der Waals surface area contributed by atoms with E-state index in [0.29, 0.717) is 35.6 Å². The van der Waals surface area contributed by atoms with Crippen LogP contribution in [0.4, 0.5) is 0 Å². The first-order valence-corrected chi connectivity index (χ1v) is 18.3. The fraction of sp³-hybridized carbons (Fsp3) is 0.562. The third kappa shape index (κ3) is 12.4. The molecule has 0 saturated carbocycles. The highest BCUT2D eigenvalue weighted by Gasteiger charge is 2.31. The smallest absolute Gasteiger partial charge is 0.335 e. The SMILES string of the molecule is CBOP(=O)(CNC(=O)c1ccc(-c2ccc(C(=O)NCNC(=O)[C@H](CCCCC)[C@@H](CC)N(O)C=O)o2)cc1OCC)OCCCC. The fourth-order valence-electron chi connectivity index (χ4n) is 4.97. The molecule has 3 atom stereocenters. The van der Waals surface area contributed by atoms with Crippen molar-refractivity contribution >= 4 is 39.2 Å². The fourth-order valence-corrected chi connectivity index (χ4v) is 6.36. The Morgan fingerprint density at radius 3 is 2.42 bits per heavy atom. The van der Waals surface area contributed by atoms with E-state index in [1.54, 1.807) is 38.9 Å². The summed E-state index contributed by atoms with van der Waals surface area (Å²) in [7, 11) is -3.36. The molecule has 14 nitrogen and oxygen atoms in total. The number of nitrogens with one attached hydrogen (secondary N) is 3. The first-order valence-electron chi connectivity index (χ1n) is 16.6. The van der Waals surface area contributed by atoms with Gasteiger partial charge in [0.25, 0.3) is 19.3 Å². The van der Waals surface area contributed by atoms with E-state index in [2.05, 4.69) is 16.0 Å². The van der Waals surface area contributed by atoms with Crippen LogP contribution in [0.25, 0.3) is 11.3 Å². The van der Waals surface area contributed by atoms with Crippen molar-refractivity contribution in [3.63, 3.8) is 0 Å². The zero-order valence-corrected chi connectivity index (χ0v) is 29.5. The molecule has 16 heteroatoms. The Morgan fingerprint density at radius 1 is 1.02 bits per heavy atom. The van der Waals surface area contributed by atoms with Crippen LogP contribution in [0.5, 0.6) is 5.75 Å². The van der Waals surface area contributed by atoms with Gasteiger partial charge in [-0.05, 0) is 50.5 Å². The van der Waals surface area contributed by atoms with Crippen molar-refractivity contribution in [3.05, 3.63) is 41.7 Å². The number of furan rings is 1. The van der Waals surface area contributed by atoms with E-state index >= 15 is 0 Å². The third-order valence-corrected chi connectivity index (χ3v) is 9.26. The summed E-state index contributed by atoms with van der Waals surface area (Å²) in [6.45, 7) is 9.59. The first kappa shape index (κ1) is 40.5. The van der Waals surface area contributed by atoms with Crippen molar-refractivity contribution in [3.8, 4) is 17.1 Å². The number of nitrogens with zero attached hydrogens (tertiary/aromatic N) is 1. The Kier molecular flexibility index (Phi) is 18.0. The number of ether oxygens (including phenoxy) is 1. The van der Waals surface area contributed by atoms with Gasteiger partial charge in [-0.15, -0.1) is 0 Å². The second-order valence-electron chi connectivity index (χ2n) is 11.0. The van der Waals surface area contributed by atoms with Crippen LogP contribution >= 0.6 is 7.60 Å². The van der Waals surface area contributed by atoms with Crippen molar-refractivity contribution in [2.75, 3.05) is 26.2 Å². The molecule has 1 aromatic heterocycles. The first-order chi connectivity index (χ1) is 23.1. The molecule has 0 aliphatic carbocycles. The lowest BCUT2D eigenvalue weighted by Gasteiger charge is -2.29. The van der Waals surface area contributed by atoms with Gasteiger partial charge in [0.15, 0.2) is 5.76 Å². The van der Waals surface area contributed by atoms with Gasteiger partial charge in [-0.1, -0.05) is 59.3 Å². The highest BCUT2D eigenvalue weighted by Crippen LogP contribution is 2.46. The molecule has 0 aliphatic rings. The van der Waals surface area contributed by atoms with Gasteiger partial charge in [-0.3, -0.25) is 29.0 Å². The summed E-state index contributed by atoms with van der Waals surface area (Å²) in [6.07, 6.45) is 5.01. The molecule has 48 heavy (non-hydrogen) atoms. The van der Waals surface area contributed by atoms with Gasteiger partial charge in [-0.2, -0.15) is 0 Å². The second-order valence-corrected chi connectivity index (χ2v) is 13.0. The maximum atomic E-state index is 13.1. The number of hydrogen-bond acceptors (Lipinski definition) is 10. The molecule has 266 valence electrons. The van der Waals surface area contributed by atoms with E-state index in [0.717, 1.165) is 25.7 Å². The van der Waals surface area contributed by atoms with E-state index in [4.69, 9.17) is 18.1 Å². The molecule has 2 rings (SSSR count). The van der Waals surface area contributed by atoms with Gasteiger partial charge >= 0.3 is 7.60 Å². The van der Waals surface area contributed by atoms with E-state index < -0.39 is 37.3 Å². The summed E-state index contributed by atoms with van der Waals surface area (Å²) in [4.78, 5) is 50.0. The highest BCUT2D eigenvalue weighted by atomic mass is 31.2. The number of carbonyl (C=O) groups excluding carboxylic acids is 4. The summed E-state index contributed by atoms with van der Waals surface area (Å²) < 4.78 is 35.3. The predicted molar refractivity (Wildman–Crippen MR) is 182 cm³/mol. The van der Waals surface area contributed by atoms with Crippen LogP contribution in [0.1, 0.15) is 93.6 Å². The lowest BCUT2D eigenvalue weighted by Crippen LogP contribution is -2.47. The Bertz CT molecular complexity index is 1370. The number of hydroxylamine groups is 2. The van der Waals surface area contributed by atoms with Gasteiger partial charge in [0.2, 0.25) is 12.3 Å². The molecule has 0 aliphatic heterocycles. The van der Waals surface area contributed by atoms with E-state index in [1.165, 1.54) is 12.1 Å². The summed E-state index contributed by atoms with van der Waals surface area (Å²) >= 11 is 0. The second kappa shape index (κ2) is 21.4. The van der Waals surface area contributed by atoms with Crippen molar-refractivity contribution in [2.24, 2.45) is 5.92 Å². The number of amides is 4. The Hall–Kier alpha value is -3.65. The Balaban J connectivity index is 2.09. The van der Waals surface area contributed by atoms with Crippen LogP contribution in [-0.2, 0) is 23.1 Å². The average molecular weight is 693 g/mol. The minimum atomic E-state index is -3.53. The minimum absolute atomic E-state index is 0.0119. The maximum Gasteiger partial charge on any atom is 0.335 e. The van der Waals surface area contributed by atoms with Gasteiger partial charge in [0.05, 0.1) is 37.4 Å². The Labute approximate surface area is 283 Å². The van der Waals surface area contributed by atoms with E-state index in [-0.39, 0.29) is 57.1 Å². The Morgan fingerprint density at radius 2 is 1.77 bits per heavy atom. The minimum Gasteiger partial charge on any atom is -0.493 e. The van der Waals surface area contributed by atoms with Gasteiger partial charge in [-0.25, -0.2) is 5.06 Å². The molecule has 0 saturated heterocycles. The summed E-state index contributed by atoms with van der Waals surface area (Å²) in [5.41, 5.74) is 0.739. The molecule has 0 fully saturated rings. The molecule has 0 bridgehead atoms. The number of benzene rings is 1. The van der Waals surface area contributed by atoms with Crippen molar-refractivity contribution in [1.29, 1.82) is 0 Å². The standard InChI is InChI=1S/C32H50BN4O10P/c1-6-10-12-13-24(26(8-3)37(42)22-38)30(39)34-20-35-32(41)28-17-16-27(46-28)23-14-15-25(29(19-23)44-9-4)31(40)36-21-48(43,47-33-5)45-18-11-7-2/h14-17,19,22,24,26,33,42H,6-13,18,20-21H2,1-5H3,(H,34,39)(H,35,41)(H,36,40)/t24-,26-,48?/m1/s1. The topological polar surface area (TPSA) is 186 Å². The monoisotopic (exact) mass is 692 g/mol. The number of hydrogen-bond donors (Lipinski definition) is 4. The van der Waals surface area contributed by atoms with Crippen molar-refractivity contribution in [2.45, 2.75) is 85.5 Å². The average Bonchev–Trinajstić information content (AvgIpc) is 3.58. The quantitative estimate of drug-likeness (QED) is 0.0220. The molecule has 0 radical (unpaired) electrons. The zero-order chi connectivity index (χ0) is 35.5. The van der Waals surface area contributed by atoms with Crippen LogP contribution in [0, 0.1) is 5.92 Å². The van der Waals surface area contributed by atoms with Crippen LogP contribution in [0.3, 0.4) is 0 Å². The van der Waals surface area contributed by atoms with Gasteiger partial charge in [0.1, 0.15) is 17.8 Å². The summed E-state index contributed by atoms with van der Waals surface area (Å²) in [5, 5.41) is 18.4. The van der Waals surface area contributed by atoms with Crippen molar-refractivity contribution in [1.82, 2.24) is 21.0 Å². The summed E-state index contributed by atoms with van der Waals surface area (Å²) in [5.74, 6) is -1.57. The van der Waals surface area contributed by atoms with Crippen LogP contribution in [0.15, 0.2) is 34.7 Å². The molecule has 1 aromatic carbocycles. The third-order valence-electron chi connectivity index (χ3n) is 7.48.